The molecule has 2 heterocycles. The summed E-state index contributed by atoms with van der Waals surface area (Å²) in [7, 11) is 0. The fourth-order valence-corrected chi connectivity index (χ4v) is 4.15. The minimum absolute atomic E-state index is 0.114. The van der Waals surface area contributed by atoms with Gasteiger partial charge >= 0.3 is 0 Å². The number of thiophene rings is 1. The van der Waals surface area contributed by atoms with Crippen LogP contribution in [0.25, 0.3) is 0 Å². The van der Waals surface area contributed by atoms with Crippen LogP contribution in [0.5, 0.6) is 0 Å². The third kappa shape index (κ3) is 4.67. The molecule has 0 N–H and O–H groups in total. The first-order valence-electron chi connectivity index (χ1n) is 8.99. The molecule has 0 bridgehead atoms. The Kier molecular flexibility index (Phi) is 6.21. The number of hydrogen-bond donors (Lipinski definition) is 0. The van der Waals surface area contributed by atoms with E-state index in [0.717, 1.165) is 44.6 Å². The summed E-state index contributed by atoms with van der Waals surface area (Å²) in [6, 6.07) is 10.8. The summed E-state index contributed by atoms with van der Waals surface area (Å²) in [5, 5.41) is 2.12. The maximum Gasteiger partial charge on any atom is 0.226 e. The van der Waals surface area contributed by atoms with Crippen LogP contribution in [0.15, 0.2) is 41.8 Å². The quantitative estimate of drug-likeness (QED) is 0.765. The molecular formula is C20H25FN2OS. The lowest BCUT2D eigenvalue weighted by molar-refractivity contribution is -0.119. The molecular weight excluding hydrogens is 335 g/mol. The molecule has 0 spiro atoms. The lowest BCUT2D eigenvalue weighted by atomic mass is 10.0. The number of piperidine rings is 1. The van der Waals surface area contributed by atoms with Crippen LogP contribution in [0, 0.1) is 5.82 Å². The van der Waals surface area contributed by atoms with Crippen molar-refractivity contribution in [2.45, 2.75) is 38.6 Å². The third-order valence-corrected chi connectivity index (χ3v) is 5.79. The highest BCUT2D eigenvalue weighted by molar-refractivity contribution is 7.09. The molecule has 1 aliphatic rings. The van der Waals surface area contributed by atoms with Crippen LogP contribution in [0.1, 0.15) is 31.1 Å². The number of carbonyl (C=O) groups excluding carboxylic acids is 1. The summed E-state index contributed by atoms with van der Waals surface area (Å²) in [6.07, 6.45) is 3.50. The number of amides is 1. The van der Waals surface area contributed by atoms with Gasteiger partial charge in [-0.15, -0.1) is 11.3 Å². The highest BCUT2D eigenvalue weighted by Gasteiger charge is 2.28. The minimum atomic E-state index is -0.268. The van der Waals surface area contributed by atoms with Crippen LogP contribution in [0.2, 0.25) is 0 Å². The fraction of sp³-hybridized carbons (Fsp3) is 0.450. The van der Waals surface area contributed by atoms with Crippen molar-refractivity contribution in [3.05, 3.63) is 52.5 Å². The number of nitrogens with zero attached hydrogens (tertiary/aromatic N) is 2. The number of rotatable bonds is 6. The first-order chi connectivity index (χ1) is 12.2. The zero-order valence-corrected chi connectivity index (χ0v) is 15.5. The van der Waals surface area contributed by atoms with E-state index < -0.39 is 0 Å². The third-order valence-electron chi connectivity index (χ3n) is 4.85. The van der Waals surface area contributed by atoms with E-state index in [4.69, 9.17) is 0 Å². The van der Waals surface area contributed by atoms with Gasteiger partial charge in [0, 0.05) is 42.7 Å². The van der Waals surface area contributed by atoms with E-state index in [9.17, 15) is 9.18 Å². The van der Waals surface area contributed by atoms with Crippen LogP contribution in [0.3, 0.4) is 0 Å². The first kappa shape index (κ1) is 18.1. The van der Waals surface area contributed by atoms with Gasteiger partial charge in [0.1, 0.15) is 5.82 Å². The molecule has 0 radical (unpaired) electrons. The van der Waals surface area contributed by atoms with Crippen molar-refractivity contribution in [1.29, 1.82) is 0 Å². The van der Waals surface area contributed by atoms with Crippen molar-refractivity contribution in [3.63, 3.8) is 0 Å². The van der Waals surface area contributed by atoms with Gasteiger partial charge in [-0.25, -0.2) is 4.39 Å². The number of benzene rings is 1. The zero-order valence-electron chi connectivity index (χ0n) is 14.7. The largest absolute Gasteiger partial charge is 0.309 e. The molecule has 1 amide bonds. The Balaban J connectivity index is 1.60. The average Bonchev–Trinajstić information content (AvgIpc) is 3.16. The van der Waals surface area contributed by atoms with Gasteiger partial charge in [0.05, 0.1) is 0 Å². The maximum absolute atomic E-state index is 13.2. The van der Waals surface area contributed by atoms with Crippen molar-refractivity contribution in [2.24, 2.45) is 0 Å². The van der Waals surface area contributed by atoms with E-state index in [2.05, 4.69) is 22.4 Å². The Bertz CT molecular complexity index is 664. The highest BCUT2D eigenvalue weighted by Crippen LogP contribution is 2.25. The Morgan fingerprint density at radius 3 is 2.56 bits per heavy atom. The molecule has 1 fully saturated rings. The molecule has 0 atom stereocenters. The molecule has 1 aliphatic heterocycles. The van der Waals surface area contributed by atoms with Crippen LogP contribution in [-0.2, 0) is 11.2 Å². The predicted molar refractivity (Wildman–Crippen MR) is 102 cm³/mol. The van der Waals surface area contributed by atoms with Crippen LogP contribution < -0.4 is 4.90 Å². The molecule has 3 nitrogen and oxygen atoms in total. The second-order valence-electron chi connectivity index (χ2n) is 6.50. The SMILES string of the molecule is CCC(=O)N(c1ccc(F)cc1)C1CCN(CCc2cccs2)CC1. The van der Waals surface area contributed by atoms with E-state index in [1.807, 2.05) is 23.2 Å². The molecule has 0 saturated carbocycles. The van der Waals surface area contributed by atoms with Crippen molar-refractivity contribution in [2.75, 3.05) is 24.5 Å². The molecule has 25 heavy (non-hydrogen) atoms. The number of halogens is 1. The smallest absolute Gasteiger partial charge is 0.226 e. The van der Waals surface area contributed by atoms with Crippen LogP contribution >= 0.6 is 11.3 Å². The standard InChI is InChI=1S/C20H25FN2OS/c1-2-20(24)23(17-7-5-16(21)6-8-17)18-9-12-22(13-10-18)14-11-19-4-3-15-25-19/h3-8,15,18H,2,9-14H2,1H3. The molecule has 1 aromatic carbocycles. The number of likely N-dealkylation sites (tertiary alicyclic amines) is 1. The number of hydrogen-bond acceptors (Lipinski definition) is 3. The van der Waals surface area contributed by atoms with E-state index in [1.165, 1.54) is 17.0 Å². The van der Waals surface area contributed by atoms with Gasteiger partial charge in [0.15, 0.2) is 0 Å². The molecule has 5 heteroatoms. The Morgan fingerprint density at radius 1 is 1.24 bits per heavy atom. The molecule has 134 valence electrons. The second-order valence-corrected chi connectivity index (χ2v) is 7.53. The summed E-state index contributed by atoms with van der Waals surface area (Å²) >= 11 is 1.81. The van der Waals surface area contributed by atoms with E-state index in [1.54, 1.807) is 12.1 Å². The van der Waals surface area contributed by atoms with Crippen molar-refractivity contribution in [3.8, 4) is 0 Å². The molecule has 3 rings (SSSR count). The molecule has 2 aromatic rings. The van der Waals surface area contributed by atoms with Crippen molar-refractivity contribution in [1.82, 2.24) is 4.90 Å². The molecule has 0 unspecified atom stereocenters. The Labute approximate surface area is 153 Å². The summed E-state index contributed by atoms with van der Waals surface area (Å²) < 4.78 is 13.2. The lowest BCUT2D eigenvalue weighted by Crippen LogP contribution is -2.47. The monoisotopic (exact) mass is 360 g/mol. The van der Waals surface area contributed by atoms with Gasteiger partial charge in [0.25, 0.3) is 0 Å². The van der Waals surface area contributed by atoms with Crippen molar-refractivity contribution >= 4 is 22.9 Å². The topological polar surface area (TPSA) is 23.6 Å². The van der Waals surface area contributed by atoms with Gasteiger partial charge in [-0.05, 0) is 55.0 Å². The second kappa shape index (κ2) is 8.59. The van der Waals surface area contributed by atoms with Gasteiger partial charge in [-0.3, -0.25) is 4.79 Å². The Hall–Kier alpha value is -1.72. The normalized spacial score (nSPS) is 16.1. The lowest BCUT2D eigenvalue weighted by Gasteiger charge is -2.38. The summed E-state index contributed by atoms with van der Waals surface area (Å²) in [6.45, 7) is 4.97. The van der Waals surface area contributed by atoms with Crippen LogP contribution in [0.4, 0.5) is 10.1 Å². The summed E-state index contributed by atoms with van der Waals surface area (Å²) in [5.74, 6) is -0.153. The van der Waals surface area contributed by atoms with Gasteiger partial charge < -0.3 is 9.80 Å². The number of anilines is 1. The van der Waals surface area contributed by atoms with E-state index >= 15 is 0 Å². The fourth-order valence-electron chi connectivity index (χ4n) is 3.45. The first-order valence-corrected chi connectivity index (χ1v) is 9.87. The van der Waals surface area contributed by atoms with Gasteiger partial charge in [-0.2, -0.15) is 0 Å². The number of carbonyl (C=O) groups is 1. The average molecular weight is 360 g/mol. The van der Waals surface area contributed by atoms with Crippen LogP contribution in [-0.4, -0.2) is 36.5 Å². The predicted octanol–water partition coefficient (Wildman–Crippen LogP) is 4.34. The molecule has 1 saturated heterocycles. The zero-order chi connectivity index (χ0) is 17.6. The van der Waals surface area contributed by atoms with Gasteiger partial charge in [0.2, 0.25) is 5.91 Å². The minimum Gasteiger partial charge on any atom is -0.309 e. The van der Waals surface area contributed by atoms with E-state index in [-0.39, 0.29) is 17.8 Å². The summed E-state index contributed by atoms with van der Waals surface area (Å²) in [4.78, 5) is 18.3. The van der Waals surface area contributed by atoms with E-state index in [0.29, 0.717) is 6.42 Å². The highest BCUT2D eigenvalue weighted by atomic mass is 32.1. The maximum atomic E-state index is 13.2. The Morgan fingerprint density at radius 2 is 1.96 bits per heavy atom. The summed E-state index contributed by atoms with van der Waals surface area (Å²) in [5.41, 5.74) is 0.810. The van der Waals surface area contributed by atoms with Gasteiger partial charge in [-0.1, -0.05) is 13.0 Å². The molecule has 0 aliphatic carbocycles. The van der Waals surface area contributed by atoms with Crippen molar-refractivity contribution < 1.29 is 9.18 Å². The molecule has 1 aromatic heterocycles.